The molecule has 4 rings (SSSR count). The van der Waals surface area contributed by atoms with Crippen LogP contribution in [-0.4, -0.2) is 30.5 Å². The fourth-order valence-corrected chi connectivity index (χ4v) is 4.49. The second-order valence-corrected chi connectivity index (χ2v) is 8.82. The van der Waals surface area contributed by atoms with Gasteiger partial charge in [0.25, 0.3) is 0 Å². The van der Waals surface area contributed by atoms with Crippen LogP contribution in [0.2, 0.25) is 0 Å². The molecule has 0 unspecified atom stereocenters. The minimum Gasteiger partial charge on any atom is -0.496 e. The zero-order chi connectivity index (χ0) is 24.5. The lowest BCUT2D eigenvalue weighted by Crippen LogP contribution is -2.09. The van der Waals surface area contributed by atoms with E-state index in [0.29, 0.717) is 5.75 Å². The predicted octanol–water partition coefficient (Wildman–Crippen LogP) is 7.05. The maximum atomic E-state index is 10.7. The minimum atomic E-state index is -0.991. The lowest BCUT2D eigenvalue weighted by atomic mass is 9.95. The summed E-state index contributed by atoms with van der Waals surface area (Å²) in [7, 11) is 1.69. The van der Waals surface area contributed by atoms with Crippen molar-refractivity contribution in [2.75, 3.05) is 19.5 Å². The molecule has 0 spiro atoms. The molecule has 4 nitrogen and oxygen atoms in total. The topological polar surface area (TPSA) is 55.8 Å². The Kier molecular flexibility index (Phi) is 8.25. The molecule has 35 heavy (non-hydrogen) atoms. The van der Waals surface area contributed by atoms with E-state index in [0.717, 1.165) is 33.1 Å². The van der Waals surface area contributed by atoms with Gasteiger partial charge in [0.1, 0.15) is 11.5 Å². The molecule has 0 aromatic heterocycles. The Morgan fingerprint density at radius 2 is 1.49 bits per heavy atom. The molecule has 5 heteroatoms. The van der Waals surface area contributed by atoms with Crippen molar-refractivity contribution < 1.29 is 19.4 Å². The molecule has 0 radical (unpaired) electrons. The van der Waals surface area contributed by atoms with Gasteiger partial charge >= 0.3 is 5.97 Å². The van der Waals surface area contributed by atoms with E-state index in [1.807, 2.05) is 48.5 Å². The molecule has 0 aliphatic carbocycles. The summed E-state index contributed by atoms with van der Waals surface area (Å²) in [6.45, 7) is -0.347. The Morgan fingerprint density at radius 3 is 2.17 bits per heavy atom. The van der Waals surface area contributed by atoms with Gasteiger partial charge in [-0.3, -0.25) is 0 Å². The van der Waals surface area contributed by atoms with Crippen molar-refractivity contribution in [1.82, 2.24) is 0 Å². The SMILES string of the molecule is COc1ccccc1/C(=C\CSc1ccc(OCC(=O)O)cc1)c1ccc(-c2ccccc2)cc1. The second-order valence-electron chi connectivity index (χ2n) is 7.73. The first-order valence-corrected chi connectivity index (χ1v) is 12.2. The van der Waals surface area contributed by atoms with E-state index in [2.05, 4.69) is 48.5 Å². The molecular formula is C30H26O4S. The fraction of sp³-hybridized carbons (Fsp3) is 0.100. The number of ether oxygens (including phenoxy) is 2. The average Bonchev–Trinajstić information content (AvgIpc) is 2.91. The number of hydrogen-bond acceptors (Lipinski definition) is 4. The number of rotatable bonds is 10. The van der Waals surface area contributed by atoms with Gasteiger partial charge in [-0.25, -0.2) is 4.79 Å². The largest absolute Gasteiger partial charge is 0.496 e. The average molecular weight is 483 g/mol. The number of hydrogen-bond donors (Lipinski definition) is 1. The number of carbonyl (C=O) groups is 1. The van der Waals surface area contributed by atoms with Gasteiger partial charge in [-0.05, 0) is 52.6 Å². The van der Waals surface area contributed by atoms with Crippen molar-refractivity contribution in [1.29, 1.82) is 0 Å². The highest BCUT2D eigenvalue weighted by atomic mass is 32.2. The summed E-state index contributed by atoms with van der Waals surface area (Å²) >= 11 is 1.70. The first-order valence-electron chi connectivity index (χ1n) is 11.2. The number of methoxy groups -OCH3 is 1. The van der Waals surface area contributed by atoms with Crippen LogP contribution in [0.25, 0.3) is 16.7 Å². The van der Waals surface area contributed by atoms with Gasteiger partial charge in [0.05, 0.1) is 7.11 Å². The van der Waals surface area contributed by atoms with Crippen LogP contribution in [-0.2, 0) is 4.79 Å². The highest BCUT2D eigenvalue weighted by molar-refractivity contribution is 7.99. The summed E-state index contributed by atoms with van der Waals surface area (Å²) in [6, 6.07) is 34.4. The highest BCUT2D eigenvalue weighted by Gasteiger charge is 2.11. The summed E-state index contributed by atoms with van der Waals surface area (Å²) in [5.74, 6) is 1.13. The second kappa shape index (κ2) is 12.0. The molecule has 4 aromatic rings. The van der Waals surface area contributed by atoms with E-state index in [-0.39, 0.29) is 6.61 Å². The number of thioether (sulfide) groups is 1. The van der Waals surface area contributed by atoms with E-state index in [1.54, 1.807) is 31.0 Å². The standard InChI is InChI=1S/C30H26O4S/c1-33-29-10-6-5-9-28(29)27(24-13-11-23(12-14-24)22-7-3-2-4-8-22)19-20-35-26-17-15-25(16-18-26)34-21-30(31)32/h2-19H,20-21H2,1H3,(H,31,32)/b27-19-. The molecule has 176 valence electrons. The van der Waals surface area contributed by atoms with Crippen molar-refractivity contribution in [3.63, 3.8) is 0 Å². The van der Waals surface area contributed by atoms with Crippen LogP contribution in [0.4, 0.5) is 0 Å². The van der Waals surface area contributed by atoms with E-state index >= 15 is 0 Å². The third-order valence-electron chi connectivity index (χ3n) is 5.42. The quantitative estimate of drug-likeness (QED) is 0.246. The number of carboxylic acid groups (broad SMARTS) is 1. The van der Waals surface area contributed by atoms with Gasteiger partial charge in [-0.1, -0.05) is 78.9 Å². The number of aliphatic carboxylic acids is 1. The molecule has 0 saturated heterocycles. The maximum Gasteiger partial charge on any atom is 0.341 e. The van der Waals surface area contributed by atoms with Crippen LogP contribution >= 0.6 is 11.8 Å². The van der Waals surface area contributed by atoms with Crippen LogP contribution in [0, 0.1) is 0 Å². The van der Waals surface area contributed by atoms with E-state index < -0.39 is 5.97 Å². The number of carboxylic acids is 1. The first-order chi connectivity index (χ1) is 17.1. The summed E-state index contributed by atoms with van der Waals surface area (Å²) in [5, 5.41) is 8.75. The monoisotopic (exact) mass is 482 g/mol. The summed E-state index contributed by atoms with van der Waals surface area (Å²) in [5.41, 5.74) is 5.63. The van der Waals surface area contributed by atoms with Crippen LogP contribution in [0.3, 0.4) is 0 Å². The molecule has 0 fully saturated rings. The van der Waals surface area contributed by atoms with Crippen molar-refractivity contribution in [2.45, 2.75) is 4.90 Å². The van der Waals surface area contributed by atoms with E-state index in [9.17, 15) is 4.79 Å². The van der Waals surface area contributed by atoms with Crippen molar-refractivity contribution in [3.05, 3.63) is 120 Å². The Balaban J connectivity index is 1.56. The highest BCUT2D eigenvalue weighted by Crippen LogP contribution is 2.33. The molecule has 0 aliphatic heterocycles. The molecule has 0 bridgehead atoms. The minimum absolute atomic E-state index is 0.347. The maximum absolute atomic E-state index is 10.7. The van der Waals surface area contributed by atoms with Crippen molar-refractivity contribution in [3.8, 4) is 22.6 Å². The number of benzene rings is 4. The molecule has 1 N–H and O–H groups in total. The number of para-hydroxylation sites is 1. The smallest absolute Gasteiger partial charge is 0.341 e. The molecule has 4 aromatic carbocycles. The van der Waals surface area contributed by atoms with Gasteiger partial charge in [-0.15, -0.1) is 11.8 Å². The van der Waals surface area contributed by atoms with Crippen LogP contribution in [0.15, 0.2) is 114 Å². The van der Waals surface area contributed by atoms with Crippen molar-refractivity contribution in [2.24, 2.45) is 0 Å². The molecule has 0 atom stereocenters. The molecule has 0 amide bonds. The third-order valence-corrected chi connectivity index (χ3v) is 6.36. The zero-order valence-corrected chi connectivity index (χ0v) is 20.2. The molecule has 0 aliphatic rings. The van der Waals surface area contributed by atoms with E-state index in [4.69, 9.17) is 14.6 Å². The lowest BCUT2D eigenvalue weighted by Gasteiger charge is -2.14. The van der Waals surface area contributed by atoms with Crippen molar-refractivity contribution >= 4 is 23.3 Å². The van der Waals surface area contributed by atoms with Crippen LogP contribution in [0.5, 0.6) is 11.5 Å². The first kappa shape index (κ1) is 24.2. The predicted molar refractivity (Wildman–Crippen MR) is 142 cm³/mol. The van der Waals surface area contributed by atoms with Crippen LogP contribution in [0.1, 0.15) is 11.1 Å². The van der Waals surface area contributed by atoms with Gasteiger partial charge in [0.15, 0.2) is 6.61 Å². The third kappa shape index (κ3) is 6.55. The van der Waals surface area contributed by atoms with Gasteiger partial charge in [0.2, 0.25) is 0 Å². The Hall–Kier alpha value is -3.96. The Morgan fingerprint density at radius 1 is 0.829 bits per heavy atom. The summed E-state index contributed by atoms with van der Waals surface area (Å²) < 4.78 is 10.9. The normalized spacial score (nSPS) is 11.2. The van der Waals surface area contributed by atoms with Gasteiger partial charge in [0, 0.05) is 16.2 Å². The van der Waals surface area contributed by atoms with Gasteiger partial charge in [-0.2, -0.15) is 0 Å². The van der Waals surface area contributed by atoms with Gasteiger partial charge < -0.3 is 14.6 Å². The fourth-order valence-electron chi connectivity index (χ4n) is 3.72. The van der Waals surface area contributed by atoms with Crippen LogP contribution < -0.4 is 9.47 Å². The molecule has 0 heterocycles. The molecular weight excluding hydrogens is 456 g/mol. The summed E-state index contributed by atoms with van der Waals surface area (Å²) in [4.78, 5) is 11.7. The molecule has 0 saturated carbocycles. The Labute approximate surface area is 209 Å². The van der Waals surface area contributed by atoms with E-state index in [1.165, 1.54) is 11.1 Å². The summed E-state index contributed by atoms with van der Waals surface area (Å²) in [6.07, 6.45) is 2.22. The Bertz CT molecular complexity index is 1280. The lowest BCUT2D eigenvalue weighted by molar-refractivity contribution is -0.139. The zero-order valence-electron chi connectivity index (χ0n) is 19.4.